The molecule has 3 aromatic rings. The first-order chi connectivity index (χ1) is 10.3. The molecule has 0 radical (unpaired) electrons. The van der Waals surface area contributed by atoms with Gasteiger partial charge < -0.3 is 5.73 Å². The Hall–Kier alpha value is -2.53. The summed E-state index contributed by atoms with van der Waals surface area (Å²) in [7, 11) is 0. The second-order valence-electron chi connectivity index (χ2n) is 4.87. The van der Waals surface area contributed by atoms with Crippen molar-refractivity contribution in [2.75, 3.05) is 0 Å². The number of hydrogen-bond acceptors (Lipinski definition) is 4. The highest BCUT2D eigenvalue weighted by Gasteiger charge is 2.08. The minimum absolute atomic E-state index is 0.0719. The topological polar surface area (TPSA) is 69.6 Å². The second kappa shape index (κ2) is 5.85. The van der Waals surface area contributed by atoms with Crippen LogP contribution in [0.5, 0.6) is 0 Å². The minimum atomic E-state index is 0.0719. The van der Waals surface area contributed by atoms with Gasteiger partial charge in [-0.05, 0) is 29.3 Å². The molecule has 0 saturated carbocycles. The summed E-state index contributed by atoms with van der Waals surface area (Å²) in [6, 6.07) is 17.8. The van der Waals surface area contributed by atoms with Gasteiger partial charge in [0.15, 0.2) is 0 Å². The molecule has 0 fully saturated rings. The molecule has 5 heteroatoms. The van der Waals surface area contributed by atoms with Gasteiger partial charge >= 0.3 is 0 Å². The molecule has 5 nitrogen and oxygen atoms in total. The Balaban J connectivity index is 1.86. The normalized spacial score (nSPS) is 12.3. The Labute approximate surface area is 123 Å². The standard InChI is InChI=1S/C16H17N5/c1-2-15(17)12-8-10-14(11-9-12)21-19-16(18-20-21)13-6-4-3-5-7-13/h3-11,15H,2,17H2,1H3/t15-/m1/s1. The van der Waals surface area contributed by atoms with Gasteiger partial charge in [0, 0.05) is 11.6 Å². The third-order valence-corrected chi connectivity index (χ3v) is 3.44. The average Bonchev–Trinajstić information content (AvgIpc) is 3.05. The number of rotatable bonds is 4. The Morgan fingerprint density at radius 3 is 2.43 bits per heavy atom. The first-order valence-electron chi connectivity index (χ1n) is 6.99. The van der Waals surface area contributed by atoms with Crippen LogP contribution in [0, 0.1) is 0 Å². The molecule has 1 atom stereocenters. The summed E-state index contributed by atoms with van der Waals surface area (Å²) < 4.78 is 0. The first kappa shape index (κ1) is 13.5. The van der Waals surface area contributed by atoms with Crippen LogP contribution in [0.2, 0.25) is 0 Å². The molecule has 0 aliphatic heterocycles. The van der Waals surface area contributed by atoms with E-state index in [1.54, 1.807) is 0 Å². The maximum absolute atomic E-state index is 6.01. The lowest BCUT2D eigenvalue weighted by Crippen LogP contribution is -2.08. The lowest BCUT2D eigenvalue weighted by molar-refractivity contribution is 0.693. The highest BCUT2D eigenvalue weighted by atomic mass is 15.6. The molecule has 0 aliphatic rings. The molecule has 3 rings (SSSR count). The van der Waals surface area contributed by atoms with E-state index < -0.39 is 0 Å². The number of aromatic nitrogens is 4. The van der Waals surface area contributed by atoms with Crippen LogP contribution >= 0.6 is 0 Å². The van der Waals surface area contributed by atoms with E-state index in [0.717, 1.165) is 23.2 Å². The van der Waals surface area contributed by atoms with Gasteiger partial charge in [-0.2, -0.15) is 0 Å². The number of tetrazole rings is 1. The largest absolute Gasteiger partial charge is 0.324 e. The van der Waals surface area contributed by atoms with Crippen LogP contribution in [-0.4, -0.2) is 20.2 Å². The molecule has 0 spiro atoms. The predicted octanol–water partition coefficient (Wildman–Crippen LogP) is 2.74. The second-order valence-corrected chi connectivity index (χ2v) is 4.87. The van der Waals surface area contributed by atoms with Gasteiger partial charge in [-0.1, -0.05) is 49.4 Å². The van der Waals surface area contributed by atoms with Gasteiger partial charge in [-0.3, -0.25) is 0 Å². The summed E-state index contributed by atoms with van der Waals surface area (Å²) in [6.07, 6.45) is 0.916. The van der Waals surface area contributed by atoms with Gasteiger partial charge in [-0.25, -0.2) is 0 Å². The lowest BCUT2D eigenvalue weighted by atomic mass is 10.1. The van der Waals surface area contributed by atoms with Gasteiger partial charge in [0.25, 0.3) is 0 Å². The maximum Gasteiger partial charge on any atom is 0.205 e. The van der Waals surface area contributed by atoms with Gasteiger partial charge in [0.1, 0.15) is 0 Å². The molecule has 0 aliphatic carbocycles. The van der Waals surface area contributed by atoms with Crippen LogP contribution in [-0.2, 0) is 0 Å². The third kappa shape index (κ3) is 2.83. The predicted molar refractivity (Wildman–Crippen MR) is 81.8 cm³/mol. The van der Waals surface area contributed by atoms with Gasteiger partial charge in [0.05, 0.1) is 5.69 Å². The summed E-state index contributed by atoms with van der Waals surface area (Å²) in [5.74, 6) is 0.616. The molecule has 2 aromatic carbocycles. The number of hydrogen-bond donors (Lipinski definition) is 1. The van der Waals surface area contributed by atoms with Crippen molar-refractivity contribution in [2.45, 2.75) is 19.4 Å². The van der Waals surface area contributed by atoms with Crippen molar-refractivity contribution in [1.82, 2.24) is 20.2 Å². The fraction of sp³-hybridized carbons (Fsp3) is 0.188. The quantitative estimate of drug-likeness (QED) is 0.797. The molecule has 0 bridgehead atoms. The monoisotopic (exact) mass is 279 g/mol. The smallest absolute Gasteiger partial charge is 0.205 e. The number of benzene rings is 2. The van der Waals surface area contributed by atoms with E-state index in [4.69, 9.17) is 5.73 Å². The van der Waals surface area contributed by atoms with Crippen molar-refractivity contribution < 1.29 is 0 Å². The average molecular weight is 279 g/mol. The number of nitrogens with two attached hydrogens (primary N) is 1. The minimum Gasteiger partial charge on any atom is -0.324 e. The van der Waals surface area contributed by atoms with Crippen molar-refractivity contribution in [2.24, 2.45) is 5.73 Å². The first-order valence-corrected chi connectivity index (χ1v) is 6.99. The molecular weight excluding hydrogens is 262 g/mol. The van der Waals surface area contributed by atoms with Crippen LogP contribution in [0.4, 0.5) is 0 Å². The van der Waals surface area contributed by atoms with Crippen molar-refractivity contribution in [1.29, 1.82) is 0 Å². The van der Waals surface area contributed by atoms with E-state index in [1.165, 1.54) is 4.80 Å². The summed E-state index contributed by atoms with van der Waals surface area (Å²) in [6.45, 7) is 2.07. The molecular formula is C16H17N5. The zero-order valence-electron chi connectivity index (χ0n) is 11.8. The van der Waals surface area contributed by atoms with Crippen LogP contribution in [0.25, 0.3) is 17.1 Å². The van der Waals surface area contributed by atoms with Crippen molar-refractivity contribution in [3.8, 4) is 17.1 Å². The van der Waals surface area contributed by atoms with E-state index in [1.807, 2.05) is 54.6 Å². The van der Waals surface area contributed by atoms with Crippen LogP contribution in [0.3, 0.4) is 0 Å². The van der Waals surface area contributed by atoms with Crippen molar-refractivity contribution >= 4 is 0 Å². The van der Waals surface area contributed by atoms with E-state index in [-0.39, 0.29) is 6.04 Å². The highest BCUT2D eigenvalue weighted by Crippen LogP contribution is 2.17. The lowest BCUT2D eigenvalue weighted by Gasteiger charge is -2.09. The van der Waals surface area contributed by atoms with Crippen molar-refractivity contribution in [3.63, 3.8) is 0 Å². The summed E-state index contributed by atoms with van der Waals surface area (Å²) >= 11 is 0. The van der Waals surface area contributed by atoms with Crippen LogP contribution in [0.15, 0.2) is 54.6 Å². The molecule has 1 heterocycles. The van der Waals surface area contributed by atoms with E-state index in [2.05, 4.69) is 22.3 Å². The van der Waals surface area contributed by atoms with Crippen LogP contribution in [0.1, 0.15) is 24.9 Å². The molecule has 1 aromatic heterocycles. The number of nitrogens with zero attached hydrogens (tertiary/aromatic N) is 4. The summed E-state index contributed by atoms with van der Waals surface area (Å²) in [5, 5.41) is 12.6. The fourth-order valence-electron chi connectivity index (χ4n) is 2.12. The highest BCUT2D eigenvalue weighted by molar-refractivity contribution is 5.53. The SMILES string of the molecule is CC[C@@H](N)c1ccc(-n2nnc(-c3ccccc3)n2)cc1. The zero-order chi connectivity index (χ0) is 14.7. The van der Waals surface area contributed by atoms with Crippen LogP contribution < -0.4 is 5.73 Å². The Kier molecular flexibility index (Phi) is 3.75. The Morgan fingerprint density at radius 2 is 1.76 bits per heavy atom. The molecule has 0 saturated heterocycles. The fourth-order valence-corrected chi connectivity index (χ4v) is 2.12. The third-order valence-electron chi connectivity index (χ3n) is 3.44. The van der Waals surface area contributed by atoms with E-state index in [0.29, 0.717) is 5.82 Å². The zero-order valence-corrected chi connectivity index (χ0v) is 11.8. The van der Waals surface area contributed by atoms with Gasteiger partial charge in [0.2, 0.25) is 5.82 Å². The summed E-state index contributed by atoms with van der Waals surface area (Å²) in [4.78, 5) is 1.53. The molecule has 0 amide bonds. The molecule has 0 unspecified atom stereocenters. The Morgan fingerprint density at radius 1 is 1.05 bits per heavy atom. The van der Waals surface area contributed by atoms with Gasteiger partial charge in [-0.15, -0.1) is 15.0 Å². The molecule has 106 valence electrons. The summed E-state index contributed by atoms with van der Waals surface area (Å²) in [5.41, 5.74) is 8.95. The molecule has 2 N–H and O–H groups in total. The molecule has 21 heavy (non-hydrogen) atoms. The maximum atomic E-state index is 6.01. The Bertz CT molecular complexity index is 703. The van der Waals surface area contributed by atoms with Crippen molar-refractivity contribution in [3.05, 3.63) is 60.2 Å². The van der Waals surface area contributed by atoms with E-state index >= 15 is 0 Å². The van der Waals surface area contributed by atoms with E-state index in [9.17, 15) is 0 Å².